The van der Waals surface area contributed by atoms with Gasteiger partial charge in [0, 0.05) is 11.8 Å². The lowest BCUT2D eigenvalue weighted by molar-refractivity contribution is 0.508. The predicted octanol–water partition coefficient (Wildman–Crippen LogP) is 2.90. The van der Waals surface area contributed by atoms with Gasteiger partial charge in [-0.25, -0.2) is 18.7 Å². The van der Waals surface area contributed by atoms with E-state index < -0.39 is 11.6 Å². The van der Waals surface area contributed by atoms with Crippen molar-refractivity contribution in [1.82, 2.24) is 14.5 Å². The summed E-state index contributed by atoms with van der Waals surface area (Å²) >= 11 is 0. The monoisotopic (exact) mass is 274 g/mol. The van der Waals surface area contributed by atoms with E-state index in [0.717, 1.165) is 28.8 Å². The molecule has 0 fully saturated rings. The maximum Gasteiger partial charge on any atom is 0.160 e. The Bertz CT molecular complexity index is 824. The molecule has 0 amide bonds. The van der Waals surface area contributed by atoms with Crippen LogP contribution in [0.5, 0.6) is 0 Å². The molecule has 2 heterocycles. The highest BCUT2D eigenvalue weighted by molar-refractivity contribution is 5.92. The van der Waals surface area contributed by atoms with E-state index in [1.807, 2.05) is 13.8 Å². The van der Waals surface area contributed by atoms with Crippen LogP contribution in [0.1, 0.15) is 11.3 Å². The standard InChI is InChI=1S/C14H12F2N4/c1-7-8(2)20(9-3-4-10(15)11(16)5-9)14-12(7)13(17)18-6-19-14/h3-6H,1-2H3,(H2,17,18,19). The molecule has 0 radical (unpaired) electrons. The van der Waals surface area contributed by atoms with E-state index >= 15 is 0 Å². The molecule has 2 aromatic heterocycles. The third-order valence-electron chi connectivity index (χ3n) is 3.48. The molecule has 0 saturated carbocycles. The van der Waals surface area contributed by atoms with Gasteiger partial charge >= 0.3 is 0 Å². The van der Waals surface area contributed by atoms with Gasteiger partial charge in [-0.15, -0.1) is 0 Å². The number of aryl methyl sites for hydroxylation is 1. The lowest BCUT2D eigenvalue weighted by atomic mass is 10.2. The number of aromatic nitrogens is 3. The third kappa shape index (κ3) is 1.65. The van der Waals surface area contributed by atoms with Gasteiger partial charge < -0.3 is 5.73 Å². The zero-order chi connectivity index (χ0) is 14.4. The molecule has 2 N–H and O–H groups in total. The lowest BCUT2D eigenvalue weighted by Crippen LogP contribution is -2.00. The van der Waals surface area contributed by atoms with E-state index in [-0.39, 0.29) is 0 Å². The Hall–Kier alpha value is -2.50. The minimum Gasteiger partial charge on any atom is -0.383 e. The van der Waals surface area contributed by atoms with E-state index in [2.05, 4.69) is 9.97 Å². The molecule has 0 aliphatic rings. The van der Waals surface area contributed by atoms with Gasteiger partial charge in [0.1, 0.15) is 12.1 Å². The molecule has 0 saturated heterocycles. The number of fused-ring (bicyclic) bond motifs is 1. The van der Waals surface area contributed by atoms with Gasteiger partial charge in [-0.3, -0.25) is 4.57 Å². The molecule has 0 aliphatic heterocycles. The van der Waals surface area contributed by atoms with Crippen molar-refractivity contribution < 1.29 is 8.78 Å². The van der Waals surface area contributed by atoms with Gasteiger partial charge in [0.25, 0.3) is 0 Å². The second-order valence-electron chi connectivity index (χ2n) is 4.60. The second kappa shape index (κ2) is 4.26. The summed E-state index contributed by atoms with van der Waals surface area (Å²) in [7, 11) is 0. The quantitative estimate of drug-likeness (QED) is 0.742. The molecule has 102 valence electrons. The second-order valence-corrected chi connectivity index (χ2v) is 4.60. The average molecular weight is 274 g/mol. The first kappa shape index (κ1) is 12.5. The molecule has 3 rings (SSSR count). The van der Waals surface area contributed by atoms with Crippen molar-refractivity contribution in [3.63, 3.8) is 0 Å². The van der Waals surface area contributed by atoms with Gasteiger partial charge in [-0.05, 0) is 31.5 Å². The van der Waals surface area contributed by atoms with Crippen molar-refractivity contribution >= 4 is 16.9 Å². The summed E-state index contributed by atoms with van der Waals surface area (Å²) in [6.07, 6.45) is 1.35. The fourth-order valence-corrected chi connectivity index (χ4v) is 2.37. The maximum absolute atomic E-state index is 13.4. The van der Waals surface area contributed by atoms with Crippen molar-refractivity contribution in [1.29, 1.82) is 0 Å². The molecule has 4 nitrogen and oxygen atoms in total. The molecule has 0 spiro atoms. The molecule has 0 aliphatic carbocycles. The molecule has 0 atom stereocenters. The number of hydrogen-bond donors (Lipinski definition) is 1. The van der Waals surface area contributed by atoms with Gasteiger partial charge in [-0.2, -0.15) is 0 Å². The zero-order valence-corrected chi connectivity index (χ0v) is 11.0. The number of hydrogen-bond acceptors (Lipinski definition) is 3. The highest BCUT2D eigenvalue weighted by atomic mass is 19.2. The van der Waals surface area contributed by atoms with Crippen LogP contribution in [0.2, 0.25) is 0 Å². The van der Waals surface area contributed by atoms with Crippen molar-refractivity contribution in [2.24, 2.45) is 0 Å². The Balaban J connectivity index is 2.39. The number of nitrogens with two attached hydrogens (primary N) is 1. The largest absolute Gasteiger partial charge is 0.383 e. The van der Waals surface area contributed by atoms with Crippen LogP contribution in [0, 0.1) is 25.5 Å². The Morgan fingerprint density at radius 3 is 2.55 bits per heavy atom. The molecular weight excluding hydrogens is 262 g/mol. The topological polar surface area (TPSA) is 56.7 Å². The van der Waals surface area contributed by atoms with E-state index in [0.29, 0.717) is 17.2 Å². The zero-order valence-electron chi connectivity index (χ0n) is 11.0. The molecule has 0 unspecified atom stereocenters. The van der Waals surface area contributed by atoms with Crippen molar-refractivity contribution in [2.75, 3.05) is 5.73 Å². The van der Waals surface area contributed by atoms with Crippen LogP contribution in [0.15, 0.2) is 24.5 Å². The van der Waals surface area contributed by atoms with Crippen molar-refractivity contribution in [3.8, 4) is 5.69 Å². The van der Waals surface area contributed by atoms with E-state index in [9.17, 15) is 8.78 Å². The number of nitrogens with zero attached hydrogens (tertiary/aromatic N) is 3. The smallest absolute Gasteiger partial charge is 0.160 e. The van der Waals surface area contributed by atoms with Crippen LogP contribution in [0.4, 0.5) is 14.6 Å². The van der Waals surface area contributed by atoms with Gasteiger partial charge in [0.2, 0.25) is 0 Å². The van der Waals surface area contributed by atoms with Crippen molar-refractivity contribution in [3.05, 3.63) is 47.4 Å². The Labute approximate surface area is 113 Å². The molecule has 3 aromatic rings. The fraction of sp³-hybridized carbons (Fsp3) is 0.143. The predicted molar refractivity (Wildman–Crippen MR) is 72.7 cm³/mol. The summed E-state index contributed by atoms with van der Waals surface area (Å²) in [6.45, 7) is 3.77. The maximum atomic E-state index is 13.4. The number of nitrogen functional groups attached to an aromatic ring is 1. The van der Waals surface area contributed by atoms with Crippen LogP contribution in [-0.4, -0.2) is 14.5 Å². The Morgan fingerprint density at radius 2 is 1.85 bits per heavy atom. The van der Waals surface area contributed by atoms with Gasteiger partial charge in [0.15, 0.2) is 17.3 Å². The molecule has 0 bridgehead atoms. The summed E-state index contributed by atoms with van der Waals surface area (Å²) in [6, 6.07) is 3.73. The third-order valence-corrected chi connectivity index (χ3v) is 3.48. The number of rotatable bonds is 1. The summed E-state index contributed by atoms with van der Waals surface area (Å²) in [5, 5.41) is 0.731. The minimum atomic E-state index is -0.900. The van der Waals surface area contributed by atoms with E-state index in [1.165, 1.54) is 12.4 Å². The van der Waals surface area contributed by atoms with Crippen LogP contribution < -0.4 is 5.73 Å². The lowest BCUT2D eigenvalue weighted by Gasteiger charge is -2.08. The first-order valence-electron chi connectivity index (χ1n) is 6.04. The summed E-state index contributed by atoms with van der Waals surface area (Å²) in [5.41, 5.74) is 8.73. The number of benzene rings is 1. The van der Waals surface area contributed by atoms with E-state index in [1.54, 1.807) is 4.57 Å². The number of halogens is 2. The first-order valence-corrected chi connectivity index (χ1v) is 6.04. The average Bonchev–Trinajstić information content (AvgIpc) is 2.67. The molecule has 1 aromatic carbocycles. The molecule has 20 heavy (non-hydrogen) atoms. The van der Waals surface area contributed by atoms with Crippen LogP contribution in [0.3, 0.4) is 0 Å². The molecular formula is C14H12F2N4. The van der Waals surface area contributed by atoms with Crippen LogP contribution in [-0.2, 0) is 0 Å². The van der Waals surface area contributed by atoms with E-state index in [4.69, 9.17) is 5.73 Å². The van der Waals surface area contributed by atoms with Crippen LogP contribution in [0.25, 0.3) is 16.7 Å². The normalized spacial score (nSPS) is 11.2. The first-order chi connectivity index (χ1) is 9.50. The van der Waals surface area contributed by atoms with Gasteiger partial charge in [-0.1, -0.05) is 0 Å². The minimum absolute atomic E-state index is 0.372. The molecule has 6 heteroatoms. The summed E-state index contributed by atoms with van der Waals surface area (Å²) in [4.78, 5) is 8.17. The Kier molecular flexibility index (Phi) is 2.67. The summed E-state index contributed by atoms with van der Waals surface area (Å²) < 4.78 is 28.2. The summed E-state index contributed by atoms with van der Waals surface area (Å²) in [5.74, 6) is -1.41. The van der Waals surface area contributed by atoms with Crippen LogP contribution >= 0.6 is 0 Å². The fourth-order valence-electron chi connectivity index (χ4n) is 2.37. The van der Waals surface area contributed by atoms with Crippen molar-refractivity contribution in [2.45, 2.75) is 13.8 Å². The van der Waals surface area contributed by atoms with Gasteiger partial charge in [0.05, 0.1) is 11.1 Å². The highest BCUT2D eigenvalue weighted by Crippen LogP contribution is 2.30. The number of anilines is 1. The SMILES string of the molecule is Cc1c(C)n(-c2ccc(F)c(F)c2)c2ncnc(N)c12. The Morgan fingerprint density at radius 1 is 1.10 bits per heavy atom. The highest BCUT2D eigenvalue weighted by Gasteiger charge is 2.17.